The standard InChI is InChI=1S/C10H23N/c1-5-9(2)6-7-10(3,4)8-11/h9H,5-8,11H2,1-4H3/t9-/m0/s1. The number of rotatable bonds is 5. The van der Waals surface area contributed by atoms with Crippen molar-refractivity contribution in [2.75, 3.05) is 6.54 Å². The Balaban J connectivity index is 3.52. The van der Waals surface area contributed by atoms with E-state index in [4.69, 9.17) is 5.73 Å². The maximum absolute atomic E-state index is 5.63. The smallest absolute Gasteiger partial charge is 0.00258 e. The fourth-order valence-electron chi connectivity index (χ4n) is 0.943. The number of nitrogens with two attached hydrogens (primary N) is 1. The van der Waals surface area contributed by atoms with Crippen LogP contribution in [-0.4, -0.2) is 6.54 Å². The molecule has 1 heteroatoms. The van der Waals surface area contributed by atoms with E-state index in [1.54, 1.807) is 0 Å². The van der Waals surface area contributed by atoms with Crippen molar-refractivity contribution in [2.45, 2.75) is 47.0 Å². The summed E-state index contributed by atoms with van der Waals surface area (Å²) >= 11 is 0. The summed E-state index contributed by atoms with van der Waals surface area (Å²) in [5, 5.41) is 0. The van der Waals surface area contributed by atoms with Crippen LogP contribution in [0.1, 0.15) is 47.0 Å². The third-order valence-corrected chi connectivity index (χ3v) is 2.56. The van der Waals surface area contributed by atoms with Gasteiger partial charge in [0.15, 0.2) is 0 Å². The van der Waals surface area contributed by atoms with Crippen molar-refractivity contribution >= 4 is 0 Å². The zero-order valence-electron chi connectivity index (χ0n) is 8.48. The van der Waals surface area contributed by atoms with Gasteiger partial charge in [-0.1, -0.05) is 40.5 Å². The Hall–Kier alpha value is -0.0400. The quantitative estimate of drug-likeness (QED) is 0.652. The summed E-state index contributed by atoms with van der Waals surface area (Å²) in [6, 6.07) is 0. The van der Waals surface area contributed by atoms with Crippen LogP contribution in [0.5, 0.6) is 0 Å². The van der Waals surface area contributed by atoms with Crippen LogP contribution in [0.25, 0.3) is 0 Å². The van der Waals surface area contributed by atoms with Crippen LogP contribution in [0, 0.1) is 11.3 Å². The lowest BCUT2D eigenvalue weighted by Gasteiger charge is -2.23. The minimum Gasteiger partial charge on any atom is -0.330 e. The molecule has 0 aromatic rings. The molecule has 0 heterocycles. The van der Waals surface area contributed by atoms with Crippen molar-refractivity contribution in [1.82, 2.24) is 0 Å². The van der Waals surface area contributed by atoms with Gasteiger partial charge in [0.25, 0.3) is 0 Å². The lowest BCUT2D eigenvalue weighted by molar-refractivity contribution is 0.306. The molecule has 1 nitrogen and oxygen atoms in total. The van der Waals surface area contributed by atoms with E-state index in [0.717, 1.165) is 12.5 Å². The highest BCUT2D eigenvalue weighted by Gasteiger charge is 2.15. The van der Waals surface area contributed by atoms with E-state index in [9.17, 15) is 0 Å². The topological polar surface area (TPSA) is 26.0 Å². The molecule has 0 amide bonds. The third kappa shape index (κ3) is 5.25. The van der Waals surface area contributed by atoms with E-state index in [1.165, 1.54) is 19.3 Å². The highest BCUT2D eigenvalue weighted by molar-refractivity contribution is 4.70. The maximum atomic E-state index is 5.63. The van der Waals surface area contributed by atoms with E-state index in [2.05, 4.69) is 27.7 Å². The first kappa shape index (κ1) is 11.0. The Morgan fingerprint density at radius 3 is 2.27 bits per heavy atom. The minimum atomic E-state index is 0.351. The molecular weight excluding hydrogens is 134 g/mol. The molecule has 1 atom stereocenters. The van der Waals surface area contributed by atoms with Gasteiger partial charge in [0.2, 0.25) is 0 Å². The van der Waals surface area contributed by atoms with Gasteiger partial charge in [0, 0.05) is 0 Å². The largest absolute Gasteiger partial charge is 0.330 e. The zero-order chi connectivity index (χ0) is 8.91. The van der Waals surface area contributed by atoms with Gasteiger partial charge in [0.05, 0.1) is 0 Å². The van der Waals surface area contributed by atoms with Crippen molar-refractivity contribution in [3.63, 3.8) is 0 Å². The number of hydrogen-bond donors (Lipinski definition) is 1. The molecule has 0 aliphatic carbocycles. The molecule has 68 valence electrons. The average Bonchev–Trinajstić information content (AvgIpc) is 2.00. The predicted molar refractivity (Wildman–Crippen MR) is 51.5 cm³/mol. The first-order chi connectivity index (χ1) is 5.02. The molecule has 0 radical (unpaired) electrons. The Morgan fingerprint density at radius 2 is 1.91 bits per heavy atom. The molecule has 0 bridgehead atoms. The molecule has 2 N–H and O–H groups in total. The van der Waals surface area contributed by atoms with Gasteiger partial charge in [0.1, 0.15) is 0 Å². The molecule has 0 saturated heterocycles. The molecule has 0 unspecified atom stereocenters. The van der Waals surface area contributed by atoms with Gasteiger partial charge >= 0.3 is 0 Å². The van der Waals surface area contributed by atoms with Crippen LogP contribution in [0.4, 0.5) is 0 Å². The Kier molecular flexibility index (Phi) is 4.74. The molecule has 0 saturated carbocycles. The zero-order valence-corrected chi connectivity index (χ0v) is 8.48. The highest BCUT2D eigenvalue weighted by atomic mass is 14.6. The van der Waals surface area contributed by atoms with Gasteiger partial charge in [-0.2, -0.15) is 0 Å². The van der Waals surface area contributed by atoms with Gasteiger partial charge in [-0.05, 0) is 24.3 Å². The molecule has 0 aliphatic rings. The molecule has 0 rings (SSSR count). The van der Waals surface area contributed by atoms with E-state index in [1.807, 2.05) is 0 Å². The van der Waals surface area contributed by atoms with Crippen molar-refractivity contribution in [1.29, 1.82) is 0 Å². The molecule has 0 aromatic heterocycles. The van der Waals surface area contributed by atoms with Gasteiger partial charge in [-0.3, -0.25) is 0 Å². The minimum absolute atomic E-state index is 0.351. The molecular formula is C10H23N. The van der Waals surface area contributed by atoms with E-state index >= 15 is 0 Å². The summed E-state index contributed by atoms with van der Waals surface area (Å²) in [4.78, 5) is 0. The van der Waals surface area contributed by atoms with Crippen molar-refractivity contribution in [3.05, 3.63) is 0 Å². The van der Waals surface area contributed by atoms with Gasteiger partial charge in [-0.25, -0.2) is 0 Å². The second kappa shape index (κ2) is 4.76. The lowest BCUT2D eigenvalue weighted by atomic mass is 9.85. The van der Waals surface area contributed by atoms with Crippen LogP contribution in [0.2, 0.25) is 0 Å². The second-order valence-electron chi connectivity index (χ2n) is 4.42. The van der Waals surface area contributed by atoms with Crippen LogP contribution in [-0.2, 0) is 0 Å². The SMILES string of the molecule is CC[C@H](C)CCC(C)(C)CN. The molecule has 0 aromatic carbocycles. The molecule has 11 heavy (non-hydrogen) atoms. The van der Waals surface area contributed by atoms with Crippen molar-refractivity contribution in [2.24, 2.45) is 17.1 Å². The maximum Gasteiger partial charge on any atom is -0.00258 e. The van der Waals surface area contributed by atoms with Gasteiger partial charge in [-0.15, -0.1) is 0 Å². The van der Waals surface area contributed by atoms with Crippen LogP contribution in [0.3, 0.4) is 0 Å². The monoisotopic (exact) mass is 157 g/mol. The molecule has 0 aliphatic heterocycles. The number of hydrogen-bond acceptors (Lipinski definition) is 1. The molecule has 0 fully saturated rings. The first-order valence-electron chi connectivity index (χ1n) is 4.72. The molecule has 0 spiro atoms. The summed E-state index contributed by atoms with van der Waals surface area (Å²) in [5.74, 6) is 0.862. The summed E-state index contributed by atoms with van der Waals surface area (Å²) in [5.41, 5.74) is 5.98. The Labute approximate surface area is 71.4 Å². The van der Waals surface area contributed by atoms with E-state index in [-0.39, 0.29) is 0 Å². The first-order valence-corrected chi connectivity index (χ1v) is 4.72. The lowest BCUT2D eigenvalue weighted by Crippen LogP contribution is -2.23. The van der Waals surface area contributed by atoms with Crippen molar-refractivity contribution < 1.29 is 0 Å². The summed E-state index contributed by atoms with van der Waals surface area (Å²) in [7, 11) is 0. The van der Waals surface area contributed by atoms with Crippen molar-refractivity contribution in [3.8, 4) is 0 Å². The van der Waals surface area contributed by atoms with Crippen LogP contribution in [0.15, 0.2) is 0 Å². The normalized spacial score (nSPS) is 15.0. The predicted octanol–water partition coefficient (Wildman–Crippen LogP) is 2.80. The summed E-state index contributed by atoms with van der Waals surface area (Å²) < 4.78 is 0. The van der Waals surface area contributed by atoms with Crippen LogP contribution < -0.4 is 5.73 Å². The van der Waals surface area contributed by atoms with E-state index in [0.29, 0.717) is 5.41 Å². The Bertz CT molecular complexity index is 97.0. The fraction of sp³-hybridized carbons (Fsp3) is 1.00. The summed E-state index contributed by atoms with van der Waals surface area (Å²) in [6.07, 6.45) is 3.87. The second-order valence-corrected chi connectivity index (χ2v) is 4.42. The Morgan fingerprint density at radius 1 is 1.36 bits per heavy atom. The highest BCUT2D eigenvalue weighted by Crippen LogP contribution is 2.24. The van der Waals surface area contributed by atoms with E-state index < -0.39 is 0 Å². The van der Waals surface area contributed by atoms with Crippen LogP contribution >= 0.6 is 0 Å². The average molecular weight is 157 g/mol. The fourth-order valence-corrected chi connectivity index (χ4v) is 0.943. The third-order valence-electron chi connectivity index (χ3n) is 2.56. The van der Waals surface area contributed by atoms with Gasteiger partial charge < -0.3 is 5.73 Å². The summed E-state index contributed by atoms with van der Waals surface area (Å²) in [6.45, 7) is 9.86.